The fourth-order valence-corrected chi connectivity index (χ4v) is 4.12. The number of hydrogen-bond acceptors (Lipinski definition) is 7. The number of hydrogen-bond donors (Lipinski definition) is 3. The van der Waals surface area contributed by atoms with Crippen molar-refractivity contribution < 1.29 is 27.9 Å². The molecule has 3 aromatic rings. The van der Waals surface area contributed by atoms with Crippen LogP contribution in [0.5, 0.6) is 0 Å². The lowest BCUT2D eigenvalue weighted by molar-refractivity contribution is -0.123. The SMILES string of the molecule is COC(=O)NC(CC/C=C/C(=O)N(C)C)C(=O)Nc1cc(F)c(C)n(Cc2nc3c(F)cnc(CC(C)C)c3[nH]2)c1=O. The number of ether oxygens (including phenoxy) is 1. The Bertz CT molecular complexity index is 1560. The minimum absolute atomic E-state index is 0.0283. The molecule has 42 heavy (non-hydrogen) atoms. The average molecular weight is 588 g/mol. The number of imidazole rings is 1. The summed E-state index contributed by atoms with van der Waals surface area (Å²) in [5, 5.41) is 4.76. The van der Waals surface area contributed by atoms with E-state index in [9.17, 15) is 28.0 Å². The minimum Gasteiger partial charge on any atom is -0.453 e. The molecular weight excluding hydrogens is 552 g/mol. The zero-order valence-corrected chi connectivity index (χ0v) is 24.4. The monoisotopic (exact) mass is 587 g/mol. The lowest BCUT2D eigenvalue weighted by Gasteiger charge is -2.18. The molecule has 0 aliphatic heterocycles. The van der Waals surface area contributed by atoms with Crippen LogP contribution in [-0.4, -0.2) is 69.6 Å². The van der Waals surface area contributed by atoms with Gasteiger partial charge in [-0.15, -0.1) is 0 Å². The summed E-state index contributed by atoms with van der Waals surface area (Å²) in [4.78, 5) is 62.9. The maximum Gasteiger partial charge on any atom is 0.407 e. The van der Waals surface area contributed by atoms with Crippen LogP contribution in [0, 0.1) is 24.5 Å². The second-order valence-electron chi connectivity index (χ2n) is 10.3. The van der Waals surface area contributed by atoms with Gasteiger partial charge in [0.15, 0.2) is 5.82 Å². The van der Waals surface area contributed by atoms with E-state index < -0.39 is 35.2 Å². The number of nitrogens with one attached hydrogen (secondary N) is 3. The number of methoxy groups -OCH3 is 1. The largest absolute Gasteiger partial charge is 0.453 e. The van der Waals surface area contributed by atoms with Crippen molar-refractivity contribution in [1.82, 2.24) is 29.7 Å². The van der Waals surface area contributed by atoms with E-state index in [2.05, 4.69) is 30.3 Å². The Morgan fingerprint density at radius 3 is 2.57 bits per heavy atom. The Kier molecular flexibility index (Phi) is 10.5. The zero-order chi connectivity index (χ0) is 31.1. The molecule has 0 saturated carbocycles. The van der Waals surface area contributed by atoms with E-state index in [4.69, 9.17) is 0 Å². The summed E-state index contributed by atoms with van der Waals surface area (Å²) in [7, 11) is 4.30. The highest BCUT2D eigenvalue weighted by Crippen LogP contribution is 2.21. The quantitative estimate of drug-likeness (QED) is 0.292. The maximum atomic E-state index is 15.0. The molecule has 0 saturated heterocycles. The third-order valence-corrected chi connectivity index (χ3v) is 6.38. The van der Waals surface area contributed by atoms with Crippen molar-refractivity contribution in [3.8, 4) is 0 Å². The summed E-state index contributed by atoms with van der Waals surface area (Å²) < 4.78 is 35.1. The van der Waals surface area contributed by atoms with Crippen molar-refractivity contribution in [2.24, 2.45) is 5.92 Å². The first-order chi connectivity index (χ1) is 19.8. The number of carbonyl (C=O) groups is 3. The number of aromatic amines is 1. The van der Waals surface area contributed by atoms with Gasteiger partial charge in [-0.05, 0) is 38.2 Å². The van der Waals surface area contributed by atoms with Crippen molar-refractivity contribution >= 4 is 34.6 Å². The smallest absolute Gasteiger partial charge is 0.407 e. The molecule has 0 aromatic carbocycles. The van der Waals surface area contributed by atoms with Gasteiger partial charge in [0.1, 0.15) is 28.9 Å². The number of carbonyl (C=O) groups excluding carboxylic acids is 3. The summed E-state index contributed by atoms with van der Waals surface area (Å²) in [6.07, 6.45) is 3.91. The molecular formula is C28H35F2N7O5. The van der Waals surface area contributed by atoms with Crippen LogP contribution < -0.4 is 16.2 Å². The van der Waals surface area contributed by atoms with Gasteiger partial charge in [0.2, 0.25) is 11.8 Å². The maximum absolute atomic E-state index is 15.0. The molecule has 3 N–H and O–H groups in total. The molecule has 0 radical (unpaired) electrons. The van der Waals surface area contributed by atoms with E-state index in [-0.39, 0.29) is 53.9 Å². The molecule has 12 nitrogen and oxygen atoms in total. The standard InChI is InChI=1S/C28H35F2N7O5/c1-15(2)11-20-25-24(18(30)13-31-20)34-22(35-25)14-37-16(3)17(29)12-21(27(37)40)32-26(39)19(33-28(41)42-6)9-7-8-10-23(38)36(4)5/h8,10,12-13,15,19H,7,9,11,14H2,1-6H3,(H,32,39)(H,33,41)(H,34,35)/b10-8+. The number of amides is 3. The number of rotatable bonds is 11. The van der Waals surface area contributed by atoms with Crippen LogP contribution in [0.1, 0.15) is 43.9 Å². The molecule has 226 valence electrons. The number of likely N-dealkylation sites (N-methyl/N-ethyl adjacent to an activating group) is 1. The van der Waals surface area contributed by atoms with Gasteiger partial charge in [-0.25, -0.2) is 18.6 Å². The van der Waals surface area contributed by atoms with E-state index in [1.54, 1.807) is 20.2 Å². The number of anilines is 1. The van der Waals surface area contributed by atoms with Crippen LogP contribution in [-0.2, 0) is 27.3 Å². The second-order valence-corrected chi connectivity index (χ2v) is 10.3. The first-order valence-corrected chi connectivity index (χ1v) is 13.3. The predicted molar refractivity (Wildman–Crippen MR) is 152 cm³/mol. The predicted octanol–water partition coefficient (Wildman–Crippen LogP) is 3.04. The van der Waals surface area contributed by atoms with Crippen molar-refractivity contribution in [3.05, 3.63) is 63.6 Å². The van der Waals surface area contributed by atoms with Gasteiger partial charge in [0.05, 0.1) is 36.8 Å². The van der Waals surface area contributed by atoms with E-state index in [1.165, 1.54) is 17.9 Å². The molecule has 1 unspecified atom stereocenters. The first-order valence-electron chi connectivity index (χ1n) is 13.3. The minimum atomic E-state index is -1.17. The van der Waals surface area contributed by atoms with Crippen LogP contribution in [0.3, 0.4) is 0 Å². The van der Waals surface area contributed by atoms with Gasteiger partial charge in [-0.1, -0.05) is 19.9 Å². The topological polar surface area (TPSA) is 151 Å². The fraction of sp³-hybridized carbons (Fsp3) is 0.429. The van der Waals surface area contributed by atoms with Crippen molar-refractivity contribution in [2.45, 2.75) is 52.6 Å². The van der Waals surface area contributed by atoms with Gasteiger partial charge < -0.3 is 29.8 Å². The highest BCUT2D eigenvalue weighted by Gasteiger charge is 2.23. The third kappa shape index (κ3) is 7.77. The zero-order valence-electron chi connectivity index (χ0n) is 24.4. The number of allylic oxidation sites excluding steroid dienone is 1. The van der Waals surface area contributed by atoms with Gasteiger partial charge in [0, 0.05) is 20.2 Å². The number of halogens is 2. The number of aromatic nitrogens is 4. The Labute approximate surface area is 241 Å². The molecule has 0 aliphatic rings. The molecule has 0 bridgehead atoms. The molecule has 3 amide bonds. The summed E-state index contributed by atoms with van der Waals surface area (Å²) in [6.45, 7) is 5.14. The van der Waals surface area contributed by atoms with Crippen LogP contribution in [0.4, 0.5) is 19.3 Å². The van der Waals surface area contributed by atoms with Crippen LogP contribution in [0.25, 0.3) is 11.0 Å². The lowest BCUT2D eigenvalue weighted by Crippen LogP contribution is -2.44. The molecule has 3 aromatic heterocycles. The van der Waals surface area contributed by atoms with Gasteiger partial charge in [-0.3, -0.25) is 19.4 Å². The summed E-state index contributed by atoms with van der Waals surface area (Å²) in [5.74, 6) is -2.04. The Balaban J connectivity index is 1.88. The van der Waals surface area contributed by atoms with E-state index in [0.717, 1.165) is 23.9 Å². The van der Waals surface area contributed by atoms with Crippen LogP contribution >= 0.6 is 0 Å². The summed E-state index contributed by atoms with van der Waals surface area (Å²) >= 11 is 0. The Morgan fingerprint density at radius 1 is 1.21 bits per heavy atom. The third-order valence-electron chi connectivity index (χ3n) is 6.38. The van der Waals surface area contributed by atoms with Crippen molar-refractivity contribution in [2.75, 3.05) is 26.5 Å². The molecule has 0 fully saturated rings. The number of H-pyrrole nitrogens is 1. The number of nitrogens with zero attached hydrogens (tertiary/aromatic N) is 4. The van der Waals surface area contributed by atoms with Crippen LogP contribution in [0.2, 0.25) is 0 Å². The summed E-state index contributed by atoms with van der Waals surface area (Å²) in [5.41, 5.74) is -0.0721. The second kappa shape index (κ2) is 13.8. The molecule has 0 spiro atoms. The fourth-order valence-electron chi connectivity index (χ4n) is 4.12. The number of alkyl carbamates (subject to hydrolysis) is 1. The van der Waals surface area contributed by atoms with Crippen molar-refractivity contribution in [1.29, 1.82) is 0 Å². The molecule has 1 atom stereocenters. The van der Waals surface area contributed by atoms with E-state index >= 15 is 0 Å². The summed E-state index contributed by atoms with van der Waals surface area (Å²) in [6, 6.07) is -0.279. The molecule has 3 heterocycles. The Morgan fingerprint density at radius 2 is 1.93 bits per heavy atom. The van der Waals surface area contributed by atoms with Crippen LogP contribution in [0.15, 0.2) is 29.2 Å². The van der Waals surface area contributed by atoms with E-state index in [0.29, 0.717) is 17.6 Å². The average Bonchev–Trinajstić information content (AvgIpc) is 3.37. The highest BCUT2D eigenvalue weighted by molar-refractivity contribution is 5.96. The highest BCUT2D eigenvalue weighted by atomic mass is 19.1. The molecule has 3 rings (SSSR count). The first kappa shape index (κ1) is 31.9. The van der Waals surface area contributed by atoms with E-state index in [1.807, 2.05) is 13.8 Å². The van der Waals surface area contributed by atoms with Crippen molar-refractivity contribution in [3.63, 3.8) is 0 Å². The number of fused-ring (bicyclic) bond motifs is 1. The number of pyridine rings is 2. The normalized spacial score (nSPS) is 12.1. The molecule has 0 aliphatic carbocycles. The van der Waals surface area contributed by atoms with Gasteiger partial charge in [-0.2, -0.15) is 0 Å². The van der Waals surface area contributed by atoms with Gasteiger partial charge >= 0.3 is 6.09 Å². The lowest BCUT2D eigenvalue weighted by atomic mass is 10.1. The Hall–Kier alpha value is -4.62. The molecule has 14 heteroatoms. The van der Waals surface area contributed by atoms with Gasteiger partial charge in [0.25, 0.3) is 5.56 Å².